The van der Waals surface area contributed by atoms with E-state index in [4.69, 9.17) is 0 Å². The molecule has 1 unspecified atom stereocenters. The second kappa shape index (κ2) is 8.69. The summed E-state index contributed by atoms with van der Waals surface area (Å²) in [6.45, 7) is 9.16. The molecule has 1 heterocycles. The van der Waals surface area contributed by atoms with E-state index in [1.54, 1.807) is 6.08 Å². The van der Waals surface area contributed by atoms with Gasteiger partial charge in [0, 0.05) is 12.1 Å². The number of hydrogen-bond donors (Lipinski definition) is 0. The van der Waals surface area contributed by atoms with Crippen molar-refractivity contribution in [2.45, 2.75) is 52.5 Å². The molecule has 0 spiro atoms. The Morgan fingerprint density at radius 1 is 0.933 bits per heavy atom. The lowest BCUT2D eigenvalue weighted by Crippen LogP contribution is -2.33. The summed E-state index contributed by atoms with van der Waals surface area (Å²) in [6.07, 6.45) is 4.55. The quantitative estimate of drug-likeness (QED) is 0.656. The number of ketones is 2. The average Bonchev–Trinajstić information content (AvgIpc) is 2.97. The maximum absolute atomic E-state index is 13.2. The molecule has 1 aliphatic heterocycles. The molecular formula is C27H31NO2. The topological polar surface area (TPSA) is 37.4 Å². The van der Waals surface area contributed by atoms with E-state index >= 15 is 0 Å². The van der Waals surface area contributed by atoms with Crippen LogP contribution in [0.5, 0.6) is 0 Å². The van der Waals surface area contributed by atoms with Crippen molar-refractivity contribution in [2.75, 3.05) is 13.1 Å². The molecule has 2 aromatic carbocycles. The van der Waals surface area contributed by atoms with Gasteiger partial charge in [-0.3, -0.25) is 14.5 Å². The highest BCUT2D eigenvalue weighted by atomic mass is 16.2. The second-order valence-electron chi connectivity index (χ2n) is 9.09. The van der Waals surface area contributed by atoms with Gasteiger partial charge in [0.1, 0.15) is 5.92 Å². The van der Waals surface area contributed by atoms with Gasteiger partial charge in [-0.05, 0) is 87.4 Å². The monoisotopic (exact) mass is 401 g/mol. The number of likely N-dealkylation sites (tertiary alicyclic amines) is 1. The van der Waals surface area contributed by atoms with Crippen molar-refractivity contribution in [3.63, 3.8) is 0 Å². The molecule has 2 aromatic rings. The first-order valence-electron chi connectivity index (χ1n) is 11.0. The predicted octanol–water partition coefficient (Wildman–Crippen LogP) is 5.08. The van der Waals surface area contributed by atoms with Crippen molar-refractivity contribution in [2.24, 2.45) is 5.92 Å². The minimum atomic E-state index is -0.626. The zero-order valence-electron chi connectivity index (χ0n) is 18.3. The predicted molar refractivity (Wildman–Crippen MR) is 121 cm³/mol. The molecule has 1 saturated heterocycles. The third-order valence-electron chi connectivity index (χ3n) is 6.67. The minimum Gasteiger partial charge on any atom is -0.299 e. The molecule has 0 aromatic heterocycles. The number of piperidine rings is 1. The highest BCUT2D eigenvalue weighted by Crippen LogP contribution is 2.36. The maximum Gasteiger partial charge on any atom is 0.174 e. The number of allylic oxidation sites excluding steroid dienone is 2. The molecule has 1 fully saturated rings. The van der Waals surface area contributed by atoms with Crippen LogP contribution in [-0.4, -0.2) is 29.6 Å². The number of nitrogens with zero attached hydrogens (tertiary/aromatic N) is 1. The third kappa shape index (κ3) is 4.32. The third-order valence-corrected chi connectivity index (χ3v) is 6.67. The molecular weight excluding hydrogens is 370 g/mol. The molecule has 3 nitrogen and oxygen atoms in total. The Kier molecular flexibility index (Phi) is 6.01. The van der Waals surface area contributed by atoms with E-state index < -0.39 is 5.92 Å². The van der Waals surface area contributed by atoms with Crippen LogP contribution in [0.25, 0.3) is 0 Å². The summed E-state index contributed by atoms with van der Waals surface area (Å²) in [4.78, 5) is 28.5. The van der Waals surface area contributed by atoms with Crippen LogP contribution >= 0.6 is 0 Å². The molecule has 156 valence electrons. The maximum atomic E-state index is 13.2. The van der Waals surface area contributed by atoms with Crippen LogP contribution in [0, 0.1) is 26.7 Å². The first-order valence-corrected chi connectivity index (χ1v) is 11.0. The van der Waals surface area contributed by atoms with Crippen LogP contribution in [0.4, 0.5) is 0 Å². The van der Waals surface area contributed by atoms with Gasteiger partial charge in [0.15, 0.2) is 11.6 Å². The Hall–Kier alpha value is -2.52. The smallest absolute Gasteiger partial charge is 0.174 e. The Morgan fingerprint density at radius 3 is 2.20 bits per heavy atom. The standard InChI is InChI=1S/C27H31NO2/c1-18-13-19(2)25(20(3)14-18)26-24(29)16-23(27(26)30)15-21-9-11-28(12-10-21)17-22-7-5-4-6-8-22/h4-8,13-14,16,21,26H,9-12,15,17H2,1-3H3. The van der Waals surface area contributed by atoms with Gasteiger partial charge in [0.2, 0.25) is 0 Å². The zero-order chi connectivity index (χ0) is 21.3. The van der Waals surface area contributed by atoms with Gasteiger partial charge < -0.3 is 0 Å². The number of hydrogen-bond acceptors (Lipinski definition) is 3. The highest BCUT2D eigenvalue weighted by molar-refractivity contribution is 6.25. The number of benzene rings is 2. The van der Waals surface area contributed by atoms with Crippen LogP contribution in [0.15, 0.2) is 54.1 Å². The van der Waals surface area contributed by atoms with Crippen LogP contribution < -0.4 is 0 Å². The first-order chi connectivity index (χ1) is 14.4. The van der Waals surface area contributed by atoms with E-state index in [1.807, 2.05) is 13.8 Å². The molecule has 0 radical (unpaired) electrons. The van der Waals surface area contributed by atoms with E-state index in [9.17, 15) is 9.59 Å². The summed E-state index contributed by atoms with van der Waals surface area (Å²) < 4.78 is 0. The summed E-state index contributed by atoms with van der Waals surface area (Å²) in [5.74, 6) is -0.147. The Balaban J connectivity index is 1.38. The first kappa shape index (κ1) is 20.7. The van der Waals surface area contributed by atoms with Gasteiger partial charge in [-0.2, -0.15) is 0 Å². The normalized spacial score (nSPS) is 20.6. The van der Waals surface area contributed by atoms with Gasteiger partial charge in [0.05, 0.1) is 0 Å². The zero-order valence-corrected chi connectivity index (χ0v) is 18.3. The van der Waals surface area contributed by atoms with Crippen molar-refractivity contribution >= 4 is 11.6 Å². The fraction of sp³-hybridized carbons (Fsp3) is 0.407. The number of rotatable bonds is 5. The lowest BCUT2D eigenvalue weighted by molar-refractivity contribution is -0.123. The van der Waals surface area contributed by atoms with Crippen molar-refractivity contribution in [1.82, 2.24) is 4.90 Å². The SMILES string of the molecule is Cc1cc(C)c(C2C(=O)C=C(CC3CCN(Cc4ccccc4)CC3)C2=O)c(C)c1. The van der Waals surface area contributed by atoms with Gasteiger partial charge in [-0.25, -0.2) is 0 Å². The van der Waals surface area contributed by atoms with Gasteiger partial charge >= 0.3 is 0 Å². The highest BCUT2D eigenvalue weighted by Gasteiger charge is 2.38. The van der Waals surface area contributed by atoms with Gasteiger partial charge in [-0.15, -0.1) is 0 Å². The van der Waals surface area contributed by atoms with Crippen LogP contribution in [0.3, 0.4) is 0 Å². The molecule has 30 heavy (non-hydrogen) atoms. The molecule has 4 rings (SSSR count). The van der Waals surface area contributed by atoms with Gasteiger partial charge in [-0.1, -0.05) is 48.0 Å². The van der Waals surface area contributed by atoms with E-state index in [-0.39, 0.29) is 11.6 Å². The Labute approximate surface area is 179 Å². The molecule has 0 amide bonds. The molecule has 0 N–H and O–H groups in total. The van der Waals surface area contributed by atoms with Crippen molar-refractivity contribution in [3.8, 4) is 0 Å². The minimum absolute atomic E-state index is 0.0294. The van der Waals surface area contributed by atoms with Crippen LogP contribution in [0.1, 0.15) is 53.0 Å². The fourth-order valence-corrected chi connectivity index (χ4v) is 5.22. The molecule has 1 atom stereocenters. The van der Waals surface area contributed by atoms with Crippen LogP contribution in [0.2, 0.25) is 0 Å². The molecule has 1 aliphatic carbocycles. The lowest BCUT2D eigenvalue weighted by Gasteiger charge is -2.32. The average molecular weight is 402 g/mol. The summed E-state index contributed by atoms with van der Waals surface area (Å²) in [5, 5.41) is 0. The number of carbonyl (C=O) groups is 2. The number of carbonyl (C=O) groups excluding carboxylic acids is 2. The molecule has 0 bridgehead atoms. The molecule has 3 heteroatoms. The molecule has 2 aliphatic rings. The Morgan fingerprint density at radius 2 is 1.57 bits per heavy atom. The van der Waals surface area contributed by atoms with Crippen molar-refractivity contribution < 1.29 is 9.59 Å². The van der Waals surface area contributed by atoms with Gasteiger partial charge in [0.25, 0.3) is 0 Å². The van der Waals surface area contributed by atoms with Crippen molar-refractivity contribution in [3.05, 3.63) is 81.9 Å². The summed E-state index contributed by atoms with van der Waals surface area (Å²) >= 11 is 0. The molecule has 0 saturated carbocycles. The summed E-state index contributed by atoms with van der Waals surface area (Å²) in [5.41, 5.74) is 6.26. The van der Waals surface area contributed by atoms with E-state index in [0.29, 0.717) is 5.92 Å². The van der Waals surface area contributed by atoms with E-state index in [0.717, 1.165) is 61.2 Å². The van der Waals surface area contributed by atoms with E-state index in [1.165, 1.54) is 11.1 Å². The summed E-state index contributed by atoms with van der Waals surface area (Å²) in [6, 6.07) is 14.7. The number of Topliss-reactive ketones (excluding diaryl/α,β-unsaturated/α-hetero) is 1. The van der Waals surface area contributed by atoms with Crippen molar-refractivity contribution in [1.29, 1.82) is 0 Å². The summed E-state index contributed by atoms with van der Waals surface area (Å²) in [7, 11) is 0. The fourth-order valence-electron chi connectivity index (χ4n) is 5.22. The number of aryl methyl sites for hydroxylation is 3. The van der Waals surface area contributed by atoms with E-state index in [2.05, 4.69) is 54.3 Å². The van der Waals surface area contributed by atoms with Crippen LogP contribution in [-0.2, 0) is 16.1 Å². The lowest BCUT2D eigenvalue weighted by atomic mass is 9.84. The second-order valence-corrected chi connectivity index (χ2v) is 9.09. The largest absolute Gasteiger partial charge is 0.299 e. The Bertz CT molecular complexity index is 958.